The molecule has 1 N–H and O–H groups in total. The van der Waals surface area contributed by atoms with Crippen LogP contribution in [-0.2, 0) is 6.42 Å². The zero-order valence-electron chi connectivity index (χ0n) is 14.5. The van der Waals surface area contributed by atoms with Crippen molar-refractivity contribution in [2.75, 3.05) is 5.32 Å². The van der Waals surface area contributed by atoms with Gasteiger partial charge in [0.25, 0.3) is 5.91 Å². The summed E-state index contributed by atoms with van der Waals surface area (Å²) in [6, 6.07) is 23.3. The molecular formula is C23H16N2O2. The molecular weight excluding hydrogens is 336 g/mol. The largest absolute Gasteiger partial charge is 0.464 e. The van der Waals surface area contributed by atoms with Crippen molar-refractivity contribution in [1.82, 2.24) is 0 Å². The van der Waals surface area contributed by atoms with E-state index < -0.39 is 0 Å². The number of fused-ring (bicyclic) bond motifs is 2. The Morgan fingerprint density at radius 3 is 2.74 bits per heavy atom. The molecule has 5 rings (SSSR count). The second kappa shape index (κ2) is 6.25. The molecule has 1 aromatic heterocycles. The molecule has 4 aromatic rings. The van der Waals surface area contributed by atoms with Crippen LogP contribution in [0.15, 0.2) is 88.5 Å². The highest BCUT2D eigenvalue weighted by molar-refractivity contribution is 6.08. The maximum Gasteiger partial charge on any atom is 0.255 e. The van der Waals surface area contributed by atoms with Gasteiger partial charge in [-0.2, -0.15) is 0 Å². The Kier molecular flexibility index (Phi) is 3.61. The van der Waals surface area contributed by atoms with Gasteiger partial charge in [-0.15, -0.1) is 0 Å². The molecule has 130 valence electrons. The van der Waals surface area contributed by atoms with Crippen LogP contribution < -0.4 is 5.32 Å². The average Bonchev–Trinajstić information content (AvgIpc) is 3.34. The number of nitrogens with zero attached hydrogens (tertiary/aromatic N) is 1. The standard InChI is InChI=1S/C23H16N2O2/c26-23(18-7-9-22-17(12-18)10-11-27-22)24-19-8-6-16-13-20(25-21(16)14-19)15-4-2-1-3-5-15/h1-12,14H,13H2,(H,24,26). The molecule has 27 heavy (non-hydrogen) atoms. The summed E-state index contributed by atoms with van der Waals surface area (Å²) >= 11 is 0. The highest BCUT2D eigenvalue weighted by Crippen LogP contribution is 2.31. The van der Waals surface area contributed by atoms with Crippen molar-refractivity contribution in [2.24, 2.45) is 4.99 Å². The van der Waals surface area contributed by atoms with Gasteiger partial charge in [-0.3, -0.25) is 9.79 Å². The number of benzene rings is 3. The number of furan rings is 1. The van der Waals surface area contributed by atoms with E-state index in [4.69, 9.17) is 9.41 Å². The first-order chi connectivity index (χ1) is 13.3. The van der Waals surface area contributed by atoms with Gasteiger partial charge < -0.3 is 9.73 Å². The molecule has 1 aliphatic rings. The third-order valence-electron chi connectivity index (χ3n) is 4.78. The Bertz CT molecular complexity index is 1190. The minimum absolute atomic E-state index is 0.150. The van der Waals surface area contributed by atoms with Crippen LogP contribution >= 0.6 is 0 Å². The van der Waals surface area contributed by atoms with Crippen LogP contribution in [-0.4, -0.2) is 11.6 Å². The smallest absolute Gasteiger partial charge is 0.255 e. The zero-order valence-corrected chi connectivity index (χ0v) is 14.5. The van der Waals surface area contributed by atoms with Gasteiger partial charge >= 0.3 is 0 Å². The summed E-state index contributed by atoms with van der Waals surface area (Å²) in [6.07, 6.45) is 2.43. The highest BCUT2D eigenvalue weighted by Gasteiger charge is 2.17. The van der Waals surface area contributed by atoms with E-state index in [0.717, 1.165) is 40.0 Å². The van der Waals surface area contributed by atoms with Crippen LogP contribution in [0.4, 0.5) is 11.4 Å². The number of carbonyl (C=O) groups is 1. The van der Waals surface area contributed by atoms with Crippen molar-refractivity contribution in [3.8, 4) is 0 Å². The van der Waals surface area contributed by atoms with E-state index >= 15 is 0 Å². The lowest BCUT2D eigenvalue weighted by Gasteiger charge is -2.07. The summed E-state index contributed by atoms with van der Waals surface area (Å²) in [5, 5.41) is 3.87. The summed E-state index contributed by atoms with van der Waals surface area (Å²) in [5.74, 6) is -0.150. The number of amides is 1. The lowest BCUT2D eigenvalue weighted by molar-refractivity contribution is 0.102. The van der Waals surface area contributed by atoms with Gasteiger partial charge in [0.05, 0.1) is 17.7 Å². The zero-order chi connectivity index (χ0) is 18.2. The lowest BCUT2D eigenvalue weighted by Crippen LogP contribution is -2.11. The Labute approximate surface area is 156 Å². The van der Waals surface area contributed by atoms with Crippen LogP contribution in [0.1, 0.15) is 21.5 Å². The number of rotatable bonds is 3. The molecule has 1 amide bonds. The predicted molar refractivity (Wildman–Crippen MR) is 107 cm³/mol. The first-order valence-corrected chi connectivity index (χ1v) is 8.81. The van der Waals surface area contributed by atoms with Gasteiger partial charge in [-0.25, -0.2) is 0 Å². The fraction of sp³-hybridized carbons (Fsp3) is 0.0435. The van der Waals surface area contributed by atoms with Crippen molar-refractivity contribution < 1.29 is 9.21 Å². The highest BCUT2D eigenvalue weighted by atomic mass is 16.3. The maximum atomic E-state index is 12.6. The predicted octanol–water partition coefficient (Wildman–Crippen LogP) is 5.36. The number of hydrogen-bond acceptors (Lipinski definition) is 3. The van der Waals surface area contributed by atoms with Gasteiger partial charge in [0.1, 0.15) is 5.58 Å². The summed E-state index contributed by atoms with van der Waals surface area (Å²) < 4.78 is 5.32. The Balaban J connectivity index is 1.39. The molecule has 1 aliphatic heterocycles. The van der Waals surface area contributed by atoms with Crippen molar-refractivity contribution in [1.29, 1.82) is 0 Å². The van der Waals surface area contributed by atoms with Crippen LogP contribution in [0, 0.1) is 0 Å². The molecule has 2 heterocycles. The summed E-state index contributed by atoms with van der Waals surface area (Å²) in [6.45, 7) is 0. The molecule has 0 radical (unpaired) electrons. The SMILES string of the molecule is O=C(Nc1ccc2c(c1)N=C(c1ccccc1)C2)c1ccc2occc2c1. The van der Waals surface area contributed by atoms with Crippen molar-refractivity contribution in [3.63, 3.8) is 0 Å². The first kappa shape index (κ1) is 15.6. The third kappa shape index (κ3) is 2.91. The summed E-state index contributed by atoms with van der Waals surface area (Å²) in [7, 11) is 0. The topological polar surface area (TPSA) is 54.6 Å². The van der Waals surface area contributed by atoms with Crippen LogP contribution in [0.2, 0.25) is 0 Å². The van der Waals surface area contributed by atoms with Crippen LogP contribution in [0.3, 0.4) is 0 Å². The van der Waals surface area contributed by atoms with E-state index in [1.54, 1.807) is 12.3 Å². The third-order valence-corrected chi connectivity index (χ3v) is 4.78. The van der Waals surface area contributed by atoms with E-state index in [0.29, 0.717) is 5.56 Å². The molecule has 0 saturated carbocycles. The molecule has 4 nitrogen and oxygen atoms in total. The number of aliphatic imine (C=N–C) groups is 1. The van der Waals surface area contributed by atoms with Crippen molar-refractivity contribution in [3.05, 3.63) is 95.7 Å². The number of carbonyl (C=O) groups excluding carboxylic acids is 1. The molecule has 0 bridgehead atoms. The Hall–Kier alpha value is -3.66. The van der Waals surface area contributed by atoms with Gasteiger partial charge in [-0.05, 0) is 47.5 Å². The number of hydrogen-bond donors (Lipinski definition) is 1. The lowest BCUT2D eigenvalue weighted by atomic mass is 10.0. The molecule has 0 atom stereocenters. The van der Waals surface area contributed by atoms with E-state index in [1.165, 1.54) is 5.56 Å². The van der Waals surface area contributed by atoms with Crippen LogP contribution in [0.5, 0.6) is 0 Å². The van der Waals surface area contributed by atoms with E-state index in [9.17, 15) is 4.79 Å². The molecule has 0 saturated heterocycles. The van der Waals surface area contributed by atoms with E-state index in [2.05, 4.69) is 17.4 Å². The Morgan fingerprint density at radius 2 is 1.85 bits per heavy atom. The molecule has 0 fully saturated rings. The molecule has 0 unspecified atom stereocenters. The molecule has 4 heteroatoms. The number of nitrogens with one attached hydrogen (secondary N) is 1. The molecule has 0 aliphatic carbocycles. The fourth-order valence-electron chi connectivity index (χ4n) is 3.37. The van der Waals surface area contributed by atoms with Gasteiger partial charge in [0, 0.05) is 23.1 Å². The quantitative estimate of drug-likeness (QED) is 0.539. The van der Waals surface area contributed by atoms with Gasteiger partial charge in [-0.1, -0.05) is 36.4 Å². The fourth-order valence-corrected chi connectivity index (χ4v) is 3.37. The van der Waals surface area contributed by atoms with Crippen molar-refractivity contribution >= 4 is 34.0 Å². The van der Waals surface area contributed by atoms with Crippen LogP contribution in [0.25, 0.3) is 11.0 Å². The maximum absolute atomic E-state index is 12.6. The normalized spacial score (nSPS) is 12.7. The second-order valence-corrected chi connectivity index (χ2v) is 6.57. The Morgan fingerprint density at radius 1 is 0.963 bits per heavy atom. The number of anilines is 1. The average molecular weight is 352 g/mol. The molecule has 3 aromatic carbocycles. The first-order valence-electron chi connectivity index (χ1n) is 8.81. The molecule has 0 spiro atoms. The van der Waals surface area contributed by atoms with Gasteiger partial charge in [0.2, 0.25) is 0 Å². The second-order valence-electron chi connectivity index (χ2n) is 6.57. The minimum atomic E-state index is -0.150. The summed E-state index contributed by atoms with van der Waals surface area (Å²) in [5.41, 5.74) is 6.38. The van der Waals surface area contributed by atoms with Crippen molar-refractivity contribution in [2.45, 2.75) is 6.42 Å². The monoisotopic (exact) mass is 352 g/mol. The summed E-state index contributed by atoms with van der Waals surface area (Å²) in [4.78, 5) is 17.3. The van der Waals surface area contributed by atoms with E-state index in [1.807, 2.05) is 54.6 Å². The van der Waals surface area contributed by atoms with E-state index in [-0.39, 0.29) is 5.91 Å². The minimum Gasteiger partial charge on any atom is -0.464 e. The van der Waals surface area contributed by atoms with Gasteiger partial charge in [0.15, 0.2) is 0 Å².